The molecule has 178 valence electrons. The third-order valence-corrected chi connectivity index (χ3v) is 6.49. The van der Waals surface area contributed by atoms with Crippen LogP contribution in [-0.2, 0) is 4.79 Å². The fraction of sp³-hybridized carbons (Fsp3) is 0.208. The van der Waals surface area contributed by atoms with Crippen LogP contribution < -0.4 is 24.2 Å². The van der Waals surface area contributed by atoms with E-state index in [1.54, 1.807) is 45.0 Å². The molecule has 2 aromatic carbocycles. The summed E-state index contributed by atoms with van der Waals surface area (Å²) < 4.78 is 12.0. The fourth-order valence-corrected chi connectivity index (χ4v) is 4.63. The van der Waals surface area contributed by atoms with Gasteiger partial charge < -0.3 is 9.47 Å². The van der Waals surface area contributed by atoms with Crippen molar-refractivity contribution in [3.63, 3.8) is 0 Å². The van der Waals surface area contributed by atoms with E-state index >= 15 is 0 Å². The molecule has 0 amide bonds. The number of carbonyl (C=O) groups is 1. The number of nitriles is 1. The summed E-state index contributed by atoms with van der Waals surface area (Å²) in [4.78, 5) is 37.7. The van der Waals surface area contributed by atoms with Gasteiger partial charge in [-0.05, 0) is 36.4 Å². The molecule has 11 heteroatoms. The normalized spacial score (nSPS) is 14.0. The number of rotatable bonds is 4. The van der Waals surface area contributed by atoms with Crippen LogP contribution in [0, 0.1) is 26.9 Å². The van der Waals surface area contributed by atoms with Gasteiger partial charge in [-0.1, -0.05) is 32.4 Å². The van der Waals surface area contributed by atoms with E-state index in [0.717, 1.165) is 11.3 Å². The van der Waals surface area contributed by atoms with E-state index in [-0.39, 0.29) is 38.6 Å². The Hall–Kier alpha value is -3.94. The number of halogens is 1. The predicted molar refractivity (Wildman–Crippen MR) is 130 cm³/mol. The molecular weight excluding hydrogens is 494 g/mol. The lowest BCUT2D eigenvalue weighted by molar-refractivity contribution is -0.385. The minimum atomic E-state index is -0.879. The molecule has 1 aliphatic rings. The lowest BCUT2D eigenvalue weighted by atomic mass is 9.87. The van der Waals surface area contributed by atoms with Gasteiger partial charge in [0.25, 0.3) is 11.2 Å². The largest absolute Gasteiger partial charge is 0.454 e. The van der Waals surface area contributed by atoms with Crippen LogP contribution >= 0.6 is 22.9 Å². The van der Waals surface area contributed by atoms with Crippen LogP contribution in [0.25, 0.3) is 17.3 Å². The number of benzene rings is 2. The SMILES string of the molecule is CC(C)(C)C(=O)C(C#N)=c1sc(=Cc2cc3c(cc2[N+](=O)[O-])OCO3)c(=O)n1-c1ccc(Cl)cc1. The Morgan fingerprint density at radius 1 is 1.23 bits per heavy atom. The van der Waals surface area contributed by atoms with E-state index in [4.69, 9.17) is 21.1 Å². The molecule has 4 rings (SSSR count). The van der Waals surface area contributed by atoms with Crippen LogP contribution in [-0.4, -0.2) is 22.1 Å². The summed E-state index contributed by atoms with van der Waals surface area (Å²) >= 11 is 6.89. The standard InChI is InChI=1S/C24H18ClN3O6S/c1-24(2,3)21(29)16(11-26)23-27(15-6-4-14(25)5-7-15)22(30)20(35-23)9-13-8-18-19(34-12-33-18)10-17(13)28(31)32/h4-10H,12H2,1-3H3. The second-order valence-electron chi connectivity index (χ2n) is 8.62. The molecule has 2 heterocycles. The number of Topliss-reactive ketones (excluding diaryl/α,β-unsaturated/α-hetero) is 1. The van der Waals surface area contributed by atoms with Gasteiger partial charge in [0.2, 0.25) is 6.79 Å². The summed E-state index contributed by atoms with van der Waals surface area (Å²) in [6.07, 6.45) is 1.35. The Bertz CT molecular complexity index is 1590. The zero-order valence-corrected chi connectivity index (χ0v) is 20.4. The van der Waals surface area contributed by atoms with Crippen LogP contribution in [0.5, 0.6) is 11.5 Å². The van der Waals surface area contributed by atoms with E-state index in [1.165, 1.54) is 22.8 Å². The maximum absolute atomic E-state index is 13.5. The van der Waals surface area contributed by atoms with Crippen molar-refractivity contribution in [2.24, 2.45) is 5.41 Å². The summed E-state index contributed by atoms with van der Waals surface area (Å²) in [7, 11) is 0. The smallest absolute Gasteiger partial charge is 0.280 e. The summed E-state index contributed by atoms with van der Waals surface area (Å²) in [5.41, 5.74) is -1.39. The molecule has 0 atom stereocenters. The second kappa shape index (κ2) is 9.02. The molecule has 0 saturated heterocycles. The highest BCUT2D eigenvalue weighted by molar-refractivity contribution is 7.07. The van der Waals surface area contributed by atoms with Crippen molar-refractivity contribution < 1.29 is 19.2 Å². The number of thiazole rings is 1. The molecule has 0 saturated carbocycles. The van der Waals surface area contributed by atoms with Crippen molar-refractivity contribution in [2.45, 2.75) is 20.8 Å². The third kappa shape index (κ3) is 4.56. The molecular formula is C24H18ClN3O6S. The summed E-state index contributed by atoms with van der Waals surface area (Å²) in [6, 6.07) is 10.9. The molecule has 0 spiro atoms. The minimum Gasteiger partial charge on any atom is -0.454 e. The molecule has 9 nitrogen and oxygen atoms in total. The molecule has 0 bridgehead atoms. The van der Waals surface area contributed by atoms with Crippen molar-refractivity contribution in [2.75, 3.05) is 6.79 Å². The summed E-state index contributed by atoms with van der Waals surface area (Å²) in [6.45, 7) is 4.95. The first-order valence-corrected chi connectivity index (χ1v) is 11.5. The van der Waals surface area contributed by atoms with Crippen LogP contribution in [0.15, 0.2) is 41.2 Å². The fourth-order valence-electron chi connectivity index (χ4n) is 3.41. The highest BCUT2D eigenvalue weighted by Gasteiger charge is 2.28. The van der Waals surface area contributed by atoms with Gasteiger partial charge in [-0.15, -0.1) is 11.3 Å². The van der Waals surface area contributed by atoms with Crippen LogP contribution in [0.2, 0.25) is 5.02 Å². The van der Waals surface area contributed by atoms with Gasteiger partial charge in [0.15, 0.2) is 17.3 Å². The average Bonchev–Trinajstić information content (AvgIpc) is 3.38. The lowest BCUT2D eigenvalue weighted by Gasteiger charge is -2.15. The molecule has 35 heavy (non-hydrogen) atoms. The van der Waals surface area contributed by atoms with E-state index in [9.17, 15) is 25.0 Å². The average molecular weight is 512 g/mol. The number of nitrogens with zero attached hydrogens (tertiary/aromatic N) is 3. The number of ketones is 1. The van der Waals surface area contributed by atoms with Crippen molar-refractivity contribution in [1.29, 1.82) is 5.26 Å². The van der Waals surface area contributed by atoms with Crippen LogP contribution in [0.4, 0.5) is 5.69 Å². The Morgan fingerprint density at radius 3 is 2.43 bits per heavy atom. The number of fused-ring (bicyclic) bond motifs is 1. The van der Waals surface area contributed by atoms with E-state index in [1.807, 2.05) is 6.07 Å². The number of carbonyl (C=O) groups excluding carboxylic acids is 1. The molecule has 0 N–H and O–H groups in total. The first kappa shape index (κ1) is 24.2. The number of hydrogen-bond donors (Lipinski definition) is 0. The van der Waals surface area contributed by atoms with Crippen molar-refractivity contribution >= 4 is 46.1 Å². The first-order valence-electron chi connectivity index (χ1n) is 10.3. The molecule has 3 aromatic rings. The maximum Gasteiger partial charge on any atom is 0.280 e. The first-order chi connectivity index (χ1) is 16.5. The number of nitro groups is 1. The topological polar surface area (TPSA) is 124 Å². The second-order valence-corrected chi connectivity index (χ2v) is 10.1. The zero-order chi connectivity index (χ0) is 25.5. The van der Waals surface area contributed by atoms with Gasteiger partial charge in [-0.3, -0.25) is 24.3 Å². The Labute approximate surface area is 207 Å². The highest BCUT2D eigenvalue weighted by Crippen LogP contribution is 2.38. The highest BCUT2D eigenvalue weighted by atomic mass is 35.5. The number of ether oxygens (including phenoxy) is 2. The van der Waals surface area contributed by atoms with Gasteiger partial charge in [0.05, 0.1) is 26.8 Å². The molecule has 1 aromatic heterocycles. The van der Waals surface area contributed by atoms with Gasteiger partial charge in [-0.2, -0.15) is 5.26 Å². The number of nitro benzene ring substituents is 1. The maximum atomic E-state index is 13.5. The quantitative estimate of drug-likeness (QED) is 0.388. The summed E-state index contributed by atoms with van der Waals surface area (Å²) in [5, 5.41) is 22.0. The van der Waals surface area contributed by atoms with Crippen molar-refractivity contribution in [3.8, 4) is 23.3 Å². The zero-order valence-electron chi connectivity index (χ0n) is 18.8. The number of aromatic nitrogens is 1. The van der Waals surface area contributed by atoms with E-state index < -0.39 is 21.7 Å². The molecule has 1 aliphatic heterocycles. The Kier molecular flexibility index (Phi) is 6.23. The van der Waals surface area contributed by atoms with E-state index in [0.29, 0.717) is 16.5 Å². The van der Waals surface area contributed by atoms with Gasteiger partial charge in [0, 0.05) is 10.4 Å². The lowest BCUT2D eigenvalue weighted by Crippen LogP contribution is -2.33. The monoisotopic (exact) mass is 511 g/mol. The van der Waals surface area contributed by atoms with Gasteiger partial charge in [0.1, 0.15) is 16.3 Å². The van der Waals surface area contributed by atoms with Gasteiger partial charge >= 0.3 is 0 Å². The van der Waals surface area contributed by atoms with Gasteiger partial charge in [-0.25, -0.2) is 0 Å². The minimum absolute atomic E-state index is 0.0716. The number of hydrogen-bond acceptors (Lipinski definition) is 8. The summed E-state index contributed by atoms with van der Waals surface area (Å²) in [5.74, 6) is 0.101. The predicted octanol–water partition coefficient (Wildman–Crippen LogP) is 3.31. The molecule has 0 aliphatic carbocycles. The molecule has 0 radical (unpaired) electrons. The molecule has 0 fully saturated rings. The Balaban J connectivity index is 2.09. The van der Waals surface area contributed by atoms with Crippen molar-refractivity contribution in [1.82, 2.24) is 4.57 Å². The van der Waals surface area contributed by atoms with Crippen LogP contribution in [0.3, 0.4) is 0 Å². The van der Waals surface area contributed by atoms with Crippen molar-refractivity contribution in [3.05, 3.63) is 76.6 Å². The molecule has 0 unspecified atom stereocenters. The third-order valence-electron chi connectivity index (χ3n) is 5.15. The van der Waals surface area contributed by atoms with E-state index in [2.05, 4.69) is 0 Å². The van der Waals surface area contributed by atoms with Crippen LogP contribution in [0.1, 0.15) is 26.3 Å². The Morgan fingerprint density at radius 2 is 1.86 bits per heavy atom.